The third-order valence-corrected chi connectivity index (χ3v) is 4.10. The first-order chi connectivity index (χ1) is 10.1. The Hall–Kier alpha value is -1.51. The highest BCUT2D eigenvalue weighted by Gasteiger charge is 2.12. The van der Waals surface area contributed by atoms with Crippen molar-refractivity contribution in [2.45, 2.75) is 25.6 Å². The van der Waals surface area contributed by atoms with Gasteiger partial charge >= 0.3 is 0 Å². The van der Waals surface area contributed by atoms with Crippen molar-refractivity contribution >= 4 is 34.2 Å². The van der Waals surface area contributed by atoms with E-state index in [1.807, 2.05) is 18.2 Å². The van der Waals surface area contributed by atoms with Gasteiger partial charge in [0.05, 0.1) is 16.9 Å². The highest BCUT2D eigenvalue weighted by Crippen LogP contribution is 2.26. The zero-order valence-electron chi connectivity index (χ0n) is 12.0. The van der Waals surface area contributed by atoms with E-state index in [1.165, 1.54) is 5.56 Å². The smallest absolute Gasteiger partial charge is 0.129 e. The number of fused-ring (bicyclic) bond motifs is 1. The summed E-state index contributed by atoms with van der Waals surface area (Å²) in [5.41, 5.74) is 4.27. The van der Waals surface area contributed by atoms with Gasteiger partial charge in [-0.25, -0.2) is 4.98 Å². The van der Waals surface area contributed by atoms with E-state index in [0.29, 0.717) is 16.8 Å². The molecule has 0 atom stereocenters. The molecular formula is C17H16Cl2N2. The number of nitrogens with zero attached hydrogens (tertiary/aromatic N) is 2. The Morgan fingerprint density at radius 2 is 1.81 bits per heavy atom. The van der Waals surface area contributed by atoms with Gasteiger partial charge in [-0.2, -0.15) is 0 Å². The minimum Gasteiger partial charge on any atom is -0.295 e. The average Bonchev–Trinajstić information content (AvgIpc) is 2.84. The summed E-state index contributed by atoms with van der Waals surface area (Å²) in [4.78, 5) is 4.57. The zero-order valence-corrected chi connectivity index (χ0v) is 13.5. The van der Waals surface area contributed by atoms with Gasteiger partial charge in [0.25, 0.3) is 0 Å². The molecule has 0 radical (unpaired) electrons. The van der Waals surface area contributed by atoms with Gasteiger partial charge in [-0.1, -0.05) is 37.6 Å². The van der Waals surface area contributed by atoms with Crippen LogP contribution in [0.15, 0.2) is 42.5 Å². The fourth-order valence-electron chi connectivity index (χ4n) is 2.49. The van der Waals surface area contributed by atoms with Crippen LogP contribution in [0, 0.1) is 0 Å². The molecule has 0 aliphatic rings. The average molecular weight is 319 g/mol. The lowest BCUT2D eigenvalue weighted by molar-refractivity contribution is 0.864. The first-order valence-corrected chi connectivity index (χ1v) is 7.84. The molecule has 0 saturated carbocycles. The van der Waals surface area contributed by atoms with Crippen LogP contribution in [0.3, 0.4) is 0 Å². The first-order valence-electron chi connectivity index (χ1n) is 6.93. The highest BCUT2D eigenvalue weighted by atomic mass is 35.5. The lowest BCUT2D eigenvalue weighted by Gasteiger charge is -2.10. The van der Waals surface area contributed by atoms with Crippen LogP contribution in [-0.2, 0) is 5.88 Å². The Kier molecular flexibility index (Phi) is 3.92. The third-order valence-electron chi connectivity index (χ3n) is 3.62. The molecule has 4 heteroatoms. The second kappa shape index (κ2) is 5.70. The van der Waals surface area contributed by atoms with Crippen molar-refractivity contribution in [2.24, 2.45) is 0 Å². The van der Waals surface area contributed by atoms with Crippen molar-refractivity contribution in [3.63, 3.8) is 0 Å². The zero-order chi connectivity index (χ0) is 15.0. The van der Waals surface area contributed by atoms with Crippen molar-refractivity contribution in [3.8, 4) is 5.69 Å². The van der Waals surface area contributed by atoms with Gasteiger partial charge < -0.3 is 0 Å². The molecule has 3 aromatic rings. The number of alkyl halides is 1. The SMILES string of the molecule is CC(C)c1ccc(-n2c(CCl)nc3cc(Cl)ccc32)cc1. The summed E-state index contributed by atoms with van der Waals surface area (Å²) in [6.45, 7) is 4.38. The Bertz CT molecular complexity index is 773. The van der Waals surface area contributed by atoms with E-state index >= 15 is 0 Å². The van der Waals surface area contributed by atoms with Crippen LogP contribution in [0.2, 0.25) is 5.02 Å². The largest absolute Gasteiger partial charge is 0.295 e. The van der Waals surface area contributed by atoms with Crippen molar-refractivity contribution in [1.82, 2.24) is 9.55 Å². The van der Waals surface area contributed by atoms with Crippen LogP contribution >= 0.6 is 23.2 Å². The van der Waals surface area contributed by atoms with Gasteiger partial charge in [-0.05, 0) is 41.8 Å². The molecule has 0 N–H and O–H groups in total. The molecule has 0 amide bonds. The Morgan fingerprint density at radius 3 is 2.43 bits per heavy atom. The number of benzene rings is 2. The summed E-state index contributed by atoms with van der Waals surface area (Å²) in [5.74, 6) is 1.70. The number of rotatable bonds is 3. The quantitative estimate of drug-likeness (QED) is 0.579. The van der Waals surface area contributed by atoms with E-state index < -0.39 is 0 Å². The molecule has 21 heavy (non-hydrogen) atoms. The Morgan fingerprint density at radius 1 is 1.10 bits per heavy atom. The monoisotopic (exact) mass is 318 g/mol. The van der Waals surface area contributed by atoms with Crippen LogP contribution < -0.4 is 0 Å². The van der Waals surface area contributed by atoms with Crippen LogP contribution in [-0.4, -0.2) is 9.55 Å². The molecule has 0 spiro atoms. The van der Waals surface area contributed by atoms with E-state index in [1.54, 1.807) is 0 Å². The summed E-state index contributed by atoms with van der Waals surface area (Å²) in [7, 11) is 0. The maximum absolute atomic E-state index is 6.06. The third kappa shape index (κ3) is 2.66. The summed E-state index contributed by atoms with van der Waals surface area (Å²) in [6.07, 6.45) is 0. The minimum atomic E-state index is 0.359. The summed E-state index contributed by atoms with van der Waals surface area (Å²) < 4.78 is 2.09. The molecule has 0 fully saturated rings. The molecule has 0 saturated heterocycles. The maximum Gasteiger partial charge on any atom is 0.129 e. The molecule has 108 valence electrons. The van der Waals surface area contributed by atoms with E-state index in [-0.39, 0.29) is 0 Å². The molecular weight excluding hydrogens is 303 g/mol. The maximum atomic E-state index is 6.06. The van der Waals surface area contributed by atoms with Gasteiger partial charge in [0.1, 0.15) is 5.82 Å². The molecule has 0 unspecified atom stereocenters. The van der Waals surface area contributed by atoms with Gasteiger partial charge in [-0.15, -0.1) is 11.6 Å². The van der Waals surface area contributed by atoms with Gasteiger partial charge in [0, 0.05) is 10.7 Å². The second-order valence-corrected chi connectivity index (χ2v) is 6.08. The molecule has 2 nitrogen and oxygen atoms in total. The topological polar surface area (TPSA) is 17.8 Å². The van der Waals surface area contributed by atoms with Gasteiger partial charge in [0.15, 0.2) is 0 Å². The van der Waals surface area contributed by atoms with Crippen molar-refractivity contribution in [3.05, 3.63) is 58.9 Å². The van der Waals surface area contributed by atoms with E-state index in [9.17, 15) is 0 Å². The fraction of sp³-hybridized carbons (Fsp3) is 0.235. The summed E-state index contributed by atoms with van der Waals surface area (Å²) in [5, 5.41) is 0.684. The van der Waals surface area contributed by atoms with Crippen LogP contribution in [0.25, 0.3) is 16.7 Å². The number of hydrogen-bond acceptors (Lipinski definition) is 1. The second-order valence-electron chi connectivity index (χ2n) is 5.38. The van der Waals surface area contributed by atoms with Crippen LogP contribution in [0.1, 0.15) is 31.2 Å². The van der Waals surface area contributed by atoms with Crippen LogP contribution in [0.4, 0.5) is 0 Å². The molecule has 0 aliphatic carbocycles. The highest BCUT2D eigenvalue weighted by molar-refractivity contribution is 6.31. The van der Waals surface area contributed by atoms with Crippen LogP contribution in [0.5, 0.6) is 0 Å². The minimum absolute atomic E-state index is 0.359. The number of imidazole rings is 1. The van der Waals surface area contributed by atoms with E-state index in [4.69, 9.17) is 23.2 Å². The standard InChI is InChI=1S/C17H16Cl2N2/c1-11(2)12-3-6-14(7-4-12)21-16-8-5-13(19)9-15(16)20-17(21)10-18/h3-9,11H,10H2,1-2H3. The predicted molar refractivity (Wildman–Crippen MR) is 89.7 cm³/mol. The van der Waals surface area contributed by atoms with Gasteiger partial charge in [0.2, 0.25) is 0 Å². The number of hydrogen-bond donors (Lipinski definition) is 0. The molecule has 1 heterocycles. The molecule has 0 aliphatic heterocycles. The predicted octanol–water partition coefficient (Wildman–Crippen LogP) is 5.54. The van der Waals surface area contributed by atoms with Crippen molar-refractivity contribution in [2.75, 3.05) is 0 Å². The summed E-state index contributed by atoms with van der Waals surface area (Å²) >= 11 is 12.1. The van der Waals surface area contributed by atoms with Gasteiger partial charge in [-0.3, -0.25) is 4.57 Å². The lowest BCUT2D eigenvalue weighted by Crippen LogP contribution is -1.99. The van der Waals surface area contributed by atoms with E-state index in [2.05, 4.69) is 47.7 Å². The lowest BCUT2D eigenvalue weighted by atomic mass is 10.0. The van der Waals surface area contributed by atoms with E-state index in [0.717, 1.165) is 22.5 Å². The molecule has 2 aromatic carbocycles. The fourth-order valence-corrected chi connectivity index (χ4v) is 2.83. The Labute approximate surface area is 134 Å². The summed E-state index contributed by atoms with van der Waals surface area (Å²) in [6, 6.07) is 14.3. The molecule has 0 bridgehead atoms. The molecule has 3 rings (SSSR count). The van der Waals surface area contributed by atoms with Crippen molar-refractivity contribution in [1.29, 1.82) is 0 Å². The number of halogens is 2. The normalized spacial score (nSPS) is 11.5. The Balaban J connectivity index is 2.18. The van der Waals surface area contributed by atoms with Crippen molar-refractivity contribution < 1.29 is 0 Å². The number of aromatic nitrogens is 2. The molecule has 1 aromatic heterocycles. The first kappa shape index (κ1) is 14.4.